The van der Waals surface area contributed by atoms with E-state index in [1.54, 1.807) is 18.3 Å². The van der Waals surface area contributed by atoms with Gasteiger partial charge in [-0.1, -0.05) is 16.9 Å². The number of rotatable bonds is 14. The van der Waals surface area contributed by atoms with E-state index >= 15 is 0 Å². The molecule has 4 heterocycles. The normalized spacial score (nSPS) is 18.7. The van der Waals surface area contributed by atoms with E-state index in [9.17, 15) is 34.3 Å². The number of nitrogens with zero attached hydrogens (tertiary/aromatic N) is 5. The number of aliphatic carboxylic acids is 2. The second-order valence-electron chi connectivity index (χ2n) is 9.01. The summed E-state index contributed by atoms with van der Waals surface area (Å²) in [7, 11) is 0. The molecule has 3 atom stereocenters. The van der Waals surface area contributed by atoms with Gasteiger partial charge in [0.2, 0.25) is 11.5 Å². The number of anilines is 1. The third-order valence-electron chi connectivity index (χ3n) is 6.04. The summed E-state index contributed by atoms with van der Waals surface area (Å²) >= 11 is 4.61. The fourth-order valence-corrected chi connectivity index (χ4v) is 7.92. The van der Waals surface area contributed by atoms with Crippen molar-refractivity contribution in [3.05, 3.63) is 40.5 Å². The molecule has 3 amide bonds. The van der Waals surface area contributed by atoms with E-state index in [1.165, 1.54) is 23.5 Å². The summed E-state index contributed by atoms with van der Waals surface area (Å²) in [6, 6.07) is 1.46. The van der Waals surface area contributed by atoms with Crippen LogP contribution < -0.4 is 27.2 Å². The highest BCUT2D eigenvalue weighted by atomic mass is 32.2. The van der Waals surface area contributed by atoms with Crippen molar-refractivity contribution in [2.75, 3.05) is 23.8 Å². The average molecular weight is 684 g/mol. The van der Waals surface area contributed by atoms with Crippen LogP contribution in [0.2, 0.25) is 0 Å². The maximum atomic E-state index is 13.0. The first kappa shape index (κ1) is 33.0. The molecule has 2 aliphatic rings. The number of fused-ring (bicyclic) bond motifs is 1. The van der Waals surface area contributed by atoms with E-state index in [2.05, 4.69) is 35.9 Å². The van der Waals surface area contributed by atoms with Crippen molar-refractivity contribution >= 4 is 87.3 Å². The zero-order valence-electron chi connectivity index (χ0n) is 22.5. The molecule has 2 aromatic heterocycles. The smallest absolute Gasteiger partial charge is 0.309 e. The lowest BCUT2D eigenvalue weighted by Gasteiger charge is -2.50. The highest BCUT2D eigenvalue weighted by molar-refractivity contribution is 8.06. The zero-order valence-corrected chi connectivity index (χ0v) is 25.8. The molecule has 0 spiro atoms. The number of nitrogens with one attached hydrogen (secondary N) is 2. The Balaban J connectivity index is 1.38. The average Bonchev–Trinajstić information content (AvgIpc) is 3.41. The van der Waals surface area contributed by atoms with E-state index in [-0.39, 0.29) is 35.4 Å². The number of amides is 3. The number of carboxylic acid groups (broad SMARTS) is 2. The van der Waals surface area contributed by atoms with Gasteiger partial charge in [-0.2, -0.15) is 21.1 Å². The number of hydrogen-bond donors (Lipinski definition) is 6. The number of β-lactam (4-membered cyclic amide) rings is 1. The maximum Gasteiger partial charge on any atom is 0.309 e. The Bertz CT molecular complexity index is 1530. The fourth-order valence-electron chi connectivity index (χ4n) is 4.01. The predicted octanol–water partition coefficient (Wildman–Crippen LogP) is -2.72. The van der Waals surface area contributed by atoms with E-state index in [4.69, 9.17) is 10.8 Å². The molecule has 234 valence electrons. The number of thioether (sulfide) groups is 3. The SMILES string of the molecule is Nc1nc(C(=NO)C(=O)NC2C(=O)N3C(C(=O)[O-])=C(Sc4cccnc4CSCCNC(=O)C([NH3+])CC(=O)O)CSC23)ns1. The molecule has 1 fully saturated rings. The molecule has 9 N–H and O–H groups in total. The van der Waals surface area contributed by atoms with Crippen molar-refractivity contribution in [2.45, 2.75) is 34.5 Å². The fraction of sp³-hybridized carbons (Fsp3) is 0.348. The highest BCUT2D eigenvalue weighted by Gasteiger charge is 2.53. The van der Waals surface area contributed by atoms with Gasteiger partial charge in [0.1, 0.15) is 17.8 Å². The molecule has 2 aromatic rings. The number of nitrogens with two attached hydrogens (primary N) is 1. The van der Waals surface area contributed by atoms with Gasteiger partial charge in [-0.05, 0) is 12.1 Å². The van der Waals surface area contributed by atoms with Gasteiger partial charge in [-0.25, -0.2) is 0 Å². The molecule has 4 rings (SSSR count). The van der Waals surface area contributed by atoms with Crippen LogP contribution in [0.25, 0.3) is 0 Å². The maximum absolute atomic E-state index is 13.0. The van der Waals surface area contributed by atoms with Crippen LogP contribution in [0.3, 0.4) is 0 Å². The Kier molecular flexibility index (Phi) is 11.0. The van der Waals surface area contributed by atoms with Crippen LogP contribution in [0.5, 0.6) is 0 Å². The van der Waals surface area contributed by atoms with Crippen LogP contribution in [0.4, 0.5) is 5.13 Å². The highest BCUT2D eigenvalue weighted by Crippen LogP contribution is 2.45. The van der Waals surface area contributed by atoms with Gasteiger partial charge in [-0.15, -0.1) is 11.8 Å². The third kappa shape index (κ3) is 7.59. The van der Waals surface area contributed by atoms with E-state index < -0.39 is 52.8 Å². The quantitative estimate of drug-likeness (QED) is 0.0388. The number of aromatic nitrogens is 3. The summed E-state index contributed by atoms with van der Waals surface area (Å²) in [6.45, 7) is 0.289. The van der Waals surface area contributed by atoms with Crippen molar-refractivity contribution in [1.29, 1.82) is 0 Å². The number of carbonyl (C=O) groups excluding carboxylic acids is 4. The Morgan fingerprint density at radius 1 is 1.34 bits per heavy atom. The first-order valence-corrected chi connectivity index (χ1v) is 16.3. The van der Waals surface area contributed by atoms with Crippen molar-refractivity contribution in [3.63, 3.8) is 0 Å². The molecule has 0 radical (unpaired) electrons. The largest absolute Gasteiger partial charge is 0.543 e. The molecule has 0 bridgehead atoms. The molecule has 3 unspecified atom stereocenters. The Morgan fingerprint density at radius 3 is 2.77 bits per heavy atom. The molecule has 1 saturated heterocycles. The van der Waals surface area contributed by atoms with Gasteiger partial charge in [0.15, 0.2) is 11.2 Å². The first-order chi connectivity index (χ1) is 21.0. The minimum absolute atomic E-state index is 0.0395. The molecule has 21 heteroatoms. The number of carbonyl (C=O) groups is 5. The van der Waals surface area contributed by atoms with Crippen LogP contribution in [0.15, 0.2) is 39.0 Å². The van der Waals surface area contributed by atoms with Gasteiger partial charge in [0.25, 0.3) is 17.7 Å². The van der Waals surface area contributed by atoms with Gasteiger partial charge >= 0.3 is 5.97 Å². The first-order valence-electron chi connectivity index (χ1n) is 12.6. The van der Waals surface area contributed by atoms with Crippen LogP contribution in [-0.4, -0.2) is 100 Å². The minimum Gasteiger partial charge on any atom is -0.543 e. The molecular weight excluding hydrogens is 659 g/mol. The van der Waals surface area contributed by atoms with Crippen LogP contribution in [0.1, 0.15) is 17.9 Å². The van der Waals surface area contributed by atoms with Crippen LogP contribution in [-0.2, 0) is 29.7 Å². The molecule has 0 aliphatic carbocycles. The topological polar surface area (TPSA) is 281 Å². The van der Waals surface area contributed by atoms with Crippen LogP contribution in [0, 0.1) is 0 Å². The summed E-state index contributed by atoms with van der Waals surface area (Å²) in [6.07, 6.45) is 1.22. The summed E-state index contributed by atoms with van der Waals surface area (Å²) < 4.78 is 3.82. The summed E-state index contributed by atoms with van der Waals surface area (Å²) in [5.41, 5.74) is 8.84. The number of nitrogen functional groups attached to an aromatic ring is 1. The second kappa shape index (κ2) is 14.7. The lowest BCUT2D eigenvalue weighted by molar-refractivity contribution is -0.403. The number of carboxylic acids is 2. The third-order valence-corrected chi connectivity index (χ3v) is 10.2. The van der Waals surface area contributed by atoms with Crippen molar-refractivity contribution in [1.82, 2.24) is 29.9 Å². The monoisotopic (exact) mass is 683 g/mol. The molecule has 0 aromatic carbocycles. The Morgan fingerprint density at radius 2 is 2.11 bits per heavy atom. The predicted molar refractivity (Wildman–Crippen MR) is 158 cm³/mol. The summed E-state index contributed by atoms with van der Waals surface area (Å²) in [5, 5.41) is 37.6. The number of oxime groups is 1. The molecule has 0 saturated carbocycles. The van der Waals surface area contributed by atoms with Gasteiger partial charge in [-0.3, -0.25) is 29.1 Å². The zero-order chi connectivity index (χ0) is 32.0. The number of quaternary nitrogens is 1. The number of hydrogen-bond acceptors (Lipinski definition) is 16. The van der Waals surface area contributed by atoms with Crippen molar-refractivity contribution < 1.29 is 45.1 Å². The molecule has 2 aliphatic heterocycles. The standard InChI is InChI=1S/C23H25N9O8S4/c24-9(6-13(33)34)18(35)27-4-5-41-7-10-11(2-1-3-26-10)43-12-8-42-21-15(20(37)32(21)16(12)22(38)39)28-19(36)14(30-40)17-29-23(25)44-31-17/h1-3,9,15,21,40H,4-8,24H2,(H,27,35)(H,28,36)(H,33,34)(H,38,39)(H2,25,29,31). The Hall–Kier alpha value is -3.92. The molecule has 44 heavy (non-hydrogen) atoms. The lowest BCUT2D eigenvalue weighted by Crippen LogP contribution is -2.71. The van der Waals surface area contributed by atoms with Gasteiger partial charge in [0.05, 0.1) is 17.4 Å². The molecular formula is C23H25N9O8S4. The number of pyridine rings is 1. The van der Waals surface area contributed by atoms with Crippen molar-refractivity contribution in [3.8, 4) is 0 Å². The minimum atomic E-state index is -1.56. The lowest BCUT2D eigenvalue weighted by atomic mass is 10.0. The Labute approximate surface area is 265 Å². The van der Waals surface area contributed by atoms with E-state index in [0.29, 0.717) is 27.0 Å². The van der Waals surface area contributed by atoms with Gasteiger partial charge < -0.3 is 42.3 Å². The summed E-state index contributed by atoms with van der Waals surface area (Å²) in [4.78, 5) is 70.9. The van der Waals surface area contributed by atoms with Crippen LogP contribution >= 0.6 is 46.8 Å². The van der Waals surface area contributed by atoms with Crippen molar-refractivity contribution in [2.24, 2.45) is 5.16 Å². The summed E-state index contributed by atoms with van der Waals surface area (Å²) in [5.74, 6) is -3.85. The second-order valence-corrected chi connectivity index (χ2v) is 13.1. The van der Waals surface area contributed by atoms with E-state index in [0.717, 1.165) is 28.2 Å². The van der Waals surface area contributed by atoms with Gasteiger partial charge in [0, 0.05) is 51.3 Å². The molecule has 17 nitrogen and oxygen atoms in total. The van der Waals surface area contributed by atoms with E-state index in [1.807, 2.05) is 0 Å².